The fraction of sp³-hybridized carbons (Fsp3) is 0.200. The molecule has 1 aliphatic heterocycles. The van der Waals surface area contributed by atoms with Crippen molar-refractivity contribution in [1.82, 2.24) is 9.55 Å². The van der Waals surface area contributed by atoms with Crippen molar-refractivity contribution < 1.29 is 9.90 Å². The lowest BCUT2D eigenvalue weighted by Crippen LogP contribution is -2.48. The van der Waals surface area contributed by atoms with Crippen molar-refractivity contribution >= 4 is 11.7 Å². The Labute approximate surface area is 240 Å². The first kappa shape index (κ1) is 26.5. The van der Waals surface area contributed by atoms with Crippen molar-refractivity contribution in [3.63, 3.8) is 0 Å². The summed E-state index contributed by atoms with van der Waals surface area (Å²) in [5.41, 5.74) is 13.1. The number of rotatable bonds is 7. The van der Waals surface area contributed by atoms with E-state index in [9.17, 15) is 9.90 Å². The second-order valence-corrected chi connectivity index (χ2v) is 10.8. The van der Waals surface area contributed by atoms with Gasteiger partial charge in [0.15, 0.2) is 0 Å². The molecule has 0 aliphatic carbocycles. The molecule has 2 heterocycles. The van der Waals surface area contributed by atoms with Crippen LogP contribution in [-0.4, -0.2) is 39.8 Å². The molecule has 6 nitrogen and oxygen atoms in total. The molecule has 0 saturated carbocycles. The highest BCUT2D eigenvalue weighted by Gasteiger charge is 2.41. The molecule has 0 spiro atoms. The Hall–Kier alpha value is -4.68. The number of hydrogen-bond acceptors (Lipinski definition) is 4. The van der Waals surface area contributed by atoms with Gasteiger partial charge >= 0.3 is 5.97 Å². The van der Waals surface area contributed by atoms with E-state index >= 15 is 0 Å². The zero-order valence-electron chi connectivity index (χ0n) is 23.1. The molecule has 6 rings (SSSR count). The van der Waals surface area contributed by atoms with Gasteiger partial charge in [0.1, 0.15) is 5.54 Å². The summed E-state index contributed by atoms with van der Waals surface area (Å²) < 4.78 is 2.33. The number of carboxylic acids is 1. The van der Waals surface area contributed by atoms with Crippen molar-refractivity contribution in [2.45, 2.75) is 30.8 Å². The van der Waals surface area contributed by atoms with Crippen LogP contribution in [0.1, 0.15) is 50.8 Å². The van der Waals surface area contributed by atoms with Gasteiger partial charge in [-0.1, -0.05) is 91.0 Å². The molecule has 5 aromatic rings. The molecule has 1 saturated heterocycles. The maximum absolute atomic E-state index is 11.3. The Morgan fingerprint density at radius 2 is 1.34 bits per heavy atom. The van der Waals surface area contributed by atoms with Crippen LogP contribution in [0.4, 0.5) is 5.69 Å². The molecule has 41 heavy (non-hydrogen) atoms. The third-order valence-electron chi connectivity index (χ3n) is 8.47. The minimum Gasteiger partial charge on any atom is -0.478 e. The Morgan fingerprint density at radius 1 is 0.829 bits per heavy atom. The maximum Gasteiger partial charge on any atom is 0.335 e. The molecule has 6 heteroatoms. The minimum absolute atomic E-state index is 0.103. The molecule has 3 N–H and O–H groups in total. The first-order chi connectivity index (χ1) is 20.0. The largest absolute Gasteiger partial charge is 0.478 e. The number of imidazole rings is 1. The Morgan fingerprint density at radius 3 is 1.80 bits per heavy atom. The molecular weight excluding hydrogens is 508 g/mol. The molecule has 2 unspecified atom stereocenters. The average Bonchev–Trinajstić information content (AvgIpc) is 3.40. The summed E-state index contributed by atoms with van der Waals surface area (Å²) in [5, 5.41) is 9.25. The summed E-state index contributed by atoms with van der Waals surface area (Å²) >= 11 is 0. The molecule has 4 aromatic carbocycles. The number of anilines is 1. The summed E-state index contributed by atoms with van der Waals surface area (Å²) in [6, 6.07) is 38.8. The number of piperidine rings is 1. The number of nitrogens with two attached hydrogens (primary N) is 1. The van der Waals surface area contributed by atoms with Crippen LogP contribution in [0.3, 0.4) is 0 Å². The van der Waals surface area contributed by atoms with Crippen molar-refractivity contribution in [3.8, 4) is 0 Å². The van der Waals surface area contributed by atoms with E-state index in [0.717, 1.165) is 46.7 Å². The molecule has 0 bridgehead atoms. The number of aromatic nitrogens is 2. The Bertz CT molecular complexity index is 1520. The Kier molecular flexibility index (Phi) is 7.16. The van der Waals surface area contributed by atoms with Crippen LogP contribution >= 0.6 is 0 Å². The van der Waals surface area contributed by atoms with Gasteiger partial charge in [-0.15, -0.1) is 0 Å². The van der Waals surface area contributed by atoms with Crippen LogP contribution in [0, 0.1) is 6.92 Å². The second kappa shape index (κ2) is 11.1. The standard InChI is InChI=1S/C35H34N4O2/c1-25-33(31-21-22-38(23-32(31)36)30-19-17-26(18-20-30)34(40)41)37-24-39(25)35(27-11-5-2-6-12-27,28-13-7-3-8-14-28)29-15-9-4-10-16-29/h2-20,24,31-32H,21-23,36H2,1H3,(H,40,41). The predicted octanol–water partition coefficient (Wildman–Crippen LogP) is 6.05. The van der Waals surface area contributed by atoms with Gasteiger partial charge in [-0.3, -0.25) is 0 Å². The zero-order valence-corrected chi connectivity index (χ0v) is 23.1. The van der Waals surface area contributed by atoms with Crippen LogP contribution < -0.4 is 10.6 Å². The lowest BCUT2D eigenvalue weighted by molar-refractivity contribution is 0.0697. The summed E-state index contributed by atoms with van der Waals surface area (Å²) in [5.74, 6) is -0.818. The fourth-order valence-corrected chi connectivity index (χ4v) is 6.45. The van der Waals surface area contributed by atoms with Crippen molar-refractivity contribution in [3.05, 3.63) is 155 Å². The molecular formula is C35H34N4O2. The molecule has 206 valence electrons. The van der Waals surface area contributed by atoms with E-state index in [1.807, 2.05) is 18.5 Å². The Balaban J connectivity index is 1.40. The summed E-state index contributed by atoms with van der Waals surface area (Å²) in [6.45, 7) is 3.65. The summed E-state index contributed by atoms with van der Waals surface area (Å²) in [4.78, 5) is 18.6. The van der Waals surface area contributed by atoms with Gasteiger partial charge in [0.2, 0.25) is 0 Å². The number of benzene rings is 4. The second-order valence-electron chi connectivity index (χ2n) is 10.8. The third-order valence-corrected chi connectivity index (χ3v) is 8.47. The number of aromatic carboxylic acids is 1. The highest BCUT2D eigenvalue weighted by atomic mass is 16.4. The van der Waals surface area contributed by atoms with E-state index in [1.165, 1.54) is 0 Å². The van der Waals surface area contributed by atoms with Crippen LogP contribution in [0.15, 0.2) is 122 Å². The summed E-state index contributed by atoms with van der Waals surface area (Å²) in [7, 11) is 0. The monoisotopic (exact) mass is 542 g/mol. The van der Waals surface area contributed by atoms with Crippen LogP contribution in [0.2, 0.25) is 0 Å². The van der Waals surface area contributed by atoms with Gasteiger partial charge in [0.25, 0.3) is 0 Å². The lowest BCUT2D eigenvalue weighted by atomic mass is 9.76. The quantitative estimate of drug-likeness (QED) is 0.245. The first-order valence-electron chi connectivity index (χ1n) is 14.0. The first-order valence-corrected chi connectivity index (χ1v) is 14.0. The number of hydrogen-bond donors (Lipinski definition) is 2. The predicted molar refractivity (Wildman–Crippen MR) is 163 cm³/mol. The van der Waals surface area contributed by atoms with E-state index in [2.05, 4.69) is 107 Å². The minimum atomic E-state index is -0.921. The van der Waals surface area contributed by atoms with Crippen LogP contribution in [0.5, 0.6) is 0 Å². The van der Waals surface area contributed by atoms with E-state index in [4.69, 9.17) is 10.7 Å². The van der Waals surface area contributed by atoms with Crippen molar-refractivity contribution in [1.29, 1.82) is 0 Å². The molecule has 1 fully saturated rings. The van der Waals surface area contributed by atoms with Gasteiger partial charge in [-0.25, -0.2) is 9.78 Å². The number of carbonyl (C=O) groups is 1. The molecule has 0 amide bonds. The summed E-state index contributed by atoms with van der Waals surface area (Å²) in [6.07, 6.45) is 2.84. The molecule has 1 aromatic heterocycles. The zero-order chi connectivity index (χ0) is 28.4. The van der Waals surface area contributed by atoms with Crippen molar-refractivity contribution in [2.24, 2.45) is 5.73 Å². The van der Waals surface area contributed by atoms with Gasteiger partial charge in [0.05, 0.1) is 17.6 Å². The van der Waals surface area contributed by atoms with E-state index < -0.39 is 11.5 Å². The smallest absolute Gasteiger partial charge is 0.335 e. The van der Waals surface area contributed by atoms with E-state index in [-0.39, 0.29) is 17.5 Å². The third kappa shape index (κ3) is 4.70. The van der Waals surface area contributed by atoms with E-state index in [1.54, 1.807) is 12.1 Å². The molecule has 2 atom stereocenters. The van der Waals surface area contributed by atoms with Gasteiger partial charge < -0.3 is 20.3 Å². The van der Waals surface area contributed by atoms with E-state index in [0.29, 0.717) is 6.54 Å². The molecule has 1 aliphatic rings. The SMILES string of the molecule is Cc1c(C2CCN(c3ccc(C(=O)O)cc3)CC2N)ncn1C(c1ccccc1)(c1ccccc1)c1ccccc1. The number of nitrogens with zero attached hydrogens (tertiary/aromatic N) is 3. The van der Waals surface area contributed by atoms with Crippen molar-refractivity contribution in [2.75, 3.05) is 18.0 Å². The fourth-order valence-electron chi connectivity index (χ4n) is 6.45. The van der Waals surface area contributed by atoms with Gasteiger partial charge in [0, 0.05) is 36.4 Å². The number of carboxylic acid groups (broad SMARTS) is 1. The van der Waals surface area contributed by atoms with Crippen LogP contribution in [0.25, 0.3) is 0 Å². The highest BCUT2D eigenvalue weighted by molar-refractivity contribution is 5.88. The highest BCUT2D eigenvalue weighted by Crippen LogP contribution is 2.43. The van der Waals surface area contributed by atoms with Gasteiger partial charge in [-0.2, -0.15) is 0 Å². The normalized spacial score (nSPS) is 17.4. The van der Waals surface area contributed by atoms with Gasteiger partial charge in [-0.05, 0) is 54.3 Å². The maximum atomic E-state index is 11.3. The van der Waals surface area contributed by atoms with Crippen LogP contribution in [-0.2, 0) is 5.54 Å². The molecule has 0 radical (unpaired) electrons. The lowest BCUT2D eigenvalue weighted by Gasteiger charge is -2.39. The topological polar surface area (TPSA) is 84.4 Å². The average molecular weight is 543 g/mol.